The van der Waals surface area contributed by atoms with Gasteiger partial charge in [0.2, 0.25) is 0 Å². The van der Waals surface area contributed by atoms with Crippen molar-refractivity contribution < 1.29 is 0 Å². The molecule has 1 aromatic heterocycles. The molecule has 2 N–H and O–H groups in total. The molecule has 0 aliphatic heterocycles. The predicted octanol–water partition coefficient (Wildman–Crippen LogP) is 3.07. The van der Waals surface area contributed by atoms with E-state index in [2.05, 4.69) is 32.7 Å². The SMILES string of the molecule is CCCc1nc(C)c(CCC(C)(C)N)s1. The topological polar surface area (TPSA) is 38.9 Å². The summed E-state index contributed by atoms with van der Waals surface area (Å²) in [4.78, 5) is 5.99. The maximum atomic E-state index is 5.98. The maximum Gasteiger partial charge on any atom is 0.0930 e. The summed E-state index contributed by atoms with van der Waals surface area (Å²) in [5.41, 5.74) is 7.12. The first kappa shape index (κ1) is 12.7. The second kappa shape index (κ2) is 5.08. The molecule has 0 aliphatic carbocycles. The van der Waals surface area contributed by atoms with Gasteiger partial charge in [0, 0.05) is 10.4 Å². The third kappa shape index (κ3) is 4.31. The van der Waals surface area contributed by atoms with Crippen molar-refractivity contribution in [2.45, 2.75) is 58.9 Å². The number of thiazole rings is 1. The molecule has 0 amide bonds. The molecule has 0 spiro atoms. The second-order valence-corrected chi connectivity index (χ2v) is 6.02. The zero-order chi connectivity index (χ0) is 11.5. The Balaban J connectivity index is 2.61. The van der Waals surface area contributed by atoms with Crippen molar-refractivity contribution in [3.63, 3.8) is 0 Å². The van der Waals surface area contributed by atoms with Gasteiger partial charge in [0.25, 0.3) is 0 Å². The van der Waals surface area contributed by atoms with E-state index in [0.717, 1.165) is 19.3 Å². The normalized spacial score (nSPS) is 12.1. The fourth-order valence-electron chi connectivity index (χ4n) is 1.48. The van der Waals surface area contributed by atoms with Crippen molar-refractivity contribution >= 4 is 11.3 Å². The van der Waals surface area contributed by atoms with E-state index in [0.29, 0.717) is 0 Å². The first-order chi connectivity index (χ1) is 6.92. The highest BCUT2D eigenvalue weighted by molar-refractivity contribution is 7.11. The largest absolute Gasteiger partial charge is 0.326 e. The summed E-state index contributed by atoms with van der Waals surface area (Å²) in [7, 11) is 0. The third-order valence-corrected chi connectivity index (χ3v) is 3.67. The Morgan fingerprint density at radius 1 is 1.33 bits per heavy atom. The van der Waals surface area contributed by atoms with Gasteiger partial charge in [0.15, 0.2) is 0 Å². The molecule has 3 heteroatoms. The number of nitrogens with zero attached hydrogens (tertiary/aromatic N) is 1. The summed E-state index contributed by atoms with van der Waals surface area (Å²) in [5.74, 6) is 0. The fraction of sp³-hybridized carbons (Fsp3) is 0.750. The quantitative estimate of drug-likeness (QED) is 0.838. The predicted molar refractivity (Wildman–Crippen MR) is 67.4 cm³/mol. The average Bonchev–Trinajstić information content (AvgIpc) is 2.42. The van der Waals surface area contributed by atoms with Gasteiger partial charge < -0.3 is 5.73 Å². The Hall–Kier alpha value is -0.410. The summed E-state index contributed by atoms with van der Waals surface area (Å²) < 4.78 is 0. The van der Waals surface area contributed by atoms with E-state index in [9.17, 15) is 0 Å². The standard InChI is InChI=1S/C12H22N2S/c1-5-6-11-14-9(2)10(15-11)7-8-12(3,4)13/h5-8,13H2,1-4H3. The van der Waals surface area contributed by atoms with E-state index in [4.69, 9.17) is 5.73 Å². The molecule has 0 aliphatic rings. The van der Waals surface area contributed by atoms with Gasteiger partial charge in [-0.1, -0.05) is 6.92 Å². The van der Waals surface area contributed by atoms with Crippen LogP contribution in [0.15, 0.2) is 0 Å². The molecule has 2 nitrogen and oxygen atoms in total. The number of aromatic nitrogens is 1. The number of nitrogens with two attached hydrogens (primary N) is 1. The van der Waals surface area contributed by atoms with Crippen LogP contribution in [-0.2, 0) is 12.8 Å². The van der Waals surface area contributed by atoms with E-state index in [1.165, 1.54) is 22.0 Å². The van der Waals surface area contributed by atoms with Crippen LogP contribution in [0.3, 0.4) is 0 Å². The summed E-state index contributed by atoms with van der Waals surface area (Å²) in [6, 6.07) is 0. The van der Waals surface area contributed by atoms with Crippen LogP contribution in [0.5, 0.6) is 0 Å². The van der Waals surface area contributed by atoms with Crippen LogP contribution >= 0.6 is 11.3 Å². The molecular weight excluding hydrogens is 204 g/mol. The average molecular weight is 226 g/mol. The van der Waals surface area contributed by atoms with Gasteiger partial charge in [-0.2, -0.15) is 0 Å². The summed E-state index contributed by atoms with van der Waals surface area (Å²) in [6.07, 6.45) is 4.38. The monoisotopic (exact) mass is 226 g/mol. The Kier molecular flexibility index (Phi) is 4.29. The van der Waals surface area contributed by atoms with Crippen LogP contribution in [0.25, 0.3) is 0 Å². The minimum atomic E-state index is -0.0681. The third-order valence-electron chi connectivity index (χ3n) is 2.40. The van der Waals surface area contributed by atoms with Gasteiger partial charge >= 0.3 is 0 Å². The summed E-state index contributed by atoms with van der Waals surface area (Å²) in [5, 5.41) is 1.28. The van der Waals surface area contributed by atoms with E-state index < -0.39 is 0 Å². The molecule has 0 radical (unpaired) electrons. The molecule has 86 valence electrons. The van der Waals surface area contributed by atoms with Crippen LogP contribution in [0.4, 0.5) is 0 Å². The van der Waals surface area contributed by atoms with Crippen molar-refractivity contribution in [1.82, 2.24) is 4.98 Å². The minimum Gasteiger partial charge on any atom is -0.326 e. The molecule has 0 atom stereocenters. The summed E-state index contributed by atoms with van der Waals surface area (Å²) in [6.45, 7) is 8.46. The fourth-order valence-corrected chi connectivity index (χ4v) is 2.65. The summed E-state index contributed by atoms with van der Waals surface area (Å²) >= 11 is 1.86. The van der Waals surface area contributed by atoms with Crippen LogP contribution in [-0.4, -0.2) is 10.5 Å². The zero-order valence-electron chi connectivity index (χ0n) is 10.3. The van der Waals surface area contributed by atoms with Crippen LogP contribution in [0, 0.1) is 6.92 Å². The molecule has 0 fully saturated rings. The lowest BCUT2D eigenvalue weighted by molar-refractivity contribution is 0.478. The number of rotatable bonds is 5. The van der Waals surface area contributed by atoms with Gasteiger partial charge in [0.1, 0.15) is 0 Å². The second-order valence-electron chi connectivity index (χ2n) is 4.85. The van der Waals surface area contributed by atoms with Crippen molar-refractivity contribution in [1.29, 1.82) is 0 Å². The smallest absolute Gasteiger partial charge is 0.0930 e. The molecule has 1 aromatic rings. The lowest BCUT2D eigenvalue weighted by atomic mass is 9.99. The van der Waals surface area contributed by atoms with E-state index >= 15 is 0 Å². The highest BCUT2D eigenvalue weighted by atomic mass is 32.1. The first-order valence-electron chi connectivity index (χ1n) is 5.66. The van der Waals surface area contributed by atoms with Crippen LogP contribution in [0.1, 0.15) is 49.2 Å². The van der Waals surface area contributed by atoms with Crippen LogP contribution in [0.2, 0.25) is 0 Å². The highest BCUT2D eigenvalue weighted by Gasteiger charge is 2.13. The minimum absolute atomic E-state index is 0.0681. The molecule has 0 saturated carbocycles. The highest BCUT2D eigenvalue weighted by Crippen LogP contribution is 2.22. The molecule has 0 bridgehead atoms. The van der Waals surface area contributed by atoms with Crippen molar-refractivity contribution in [2.75, 3.05) is 0 Å². The number of hydrogen-bond donors (Lipinski definition) is 1. The molecule has 0 aromatic carbocycles. The Bertz CT molecular complexity index is 310. The number of aryl methyl sites for hydroxylation is 3. The molecule has 0 unspecified atom stereocenters. The zero-order valence-corrected chi connectivity index (χ0v) is 11.1. The molecule has 15 heavy (non-hydrogen) atoms. The van der Waals surface area contributed by atoms with Gasteiger partial charge in [0.05, 0.1) is 10.7 Å². The molecule has 0 saturated heterocycles. The van der Waals surface area contributed by atoms with Crippen molar-refractivity contribution in [3.8, 4) is 0 Å². The van der Waals surface area contributed by atoms with Crippen LogP contribution < -0.4 is 5.73 Å². The molecular formula is C12H22N2S. The van der Waals surface area contributed by atoms with Crippen molar-refractivity contribution in [3.05, 3.63) is 15.6 Å². The van der Waals surface area contributed by atoms with E-state index in [1.807, 2.05) is 11.3 Å². The van der Waals surface area contributed by atoms with E-state index in [-0.39, 0.29) is 5.54 Å². The Morgan fingerprint density at radius 3 is 2.53 bits per heavy atom. The van der Waals surface area contributed by atoms with E-state index in [1.54, 1.807) is 0 Å². The molecule has 1 rings (SSSR count). The molecule has 1 heterocycles. The lowest BCUT2D eigenvalue weighted by Gasteiger charge is -2.17. The number of hydrogen-bond acceptors (Lipinski definition) is 3. The van der Waals surface area contributed by atoms with Gasteiger partial charge in [-0.05, 0) is 46.5 Å². The first-order valence-corrected chi connectivity index (χ1v) is 6.48. The van der Waals surface area contributed by atoms with Gasteiger partial charge in [-0.15, -0.1) is 11.3 Å². The van der Waals surface area contributed by atoms with Gasteiger partial charge in [-0.25, -0.2) is 4.98 Å². The Labute approximate surface area is 96.9 Å². The Morgan fingerprint density at radius 2 is 2.00 bits per heavy atom. The lowest BCUT2D eigenvalue weighted by Crippen LogP contribution is -2.32. The maximum absolute atomic E-state index is 5.98. The van der Waals surface area contributed by atoms with Crippen molar-refractivity contribution in [2.24, 2.45) is 5.73 Å². The van der Waals surface area contributed by atoms with Gasteiger partial charge in [-0.3, -0.25) is 0 Å².